The third-order valence-corrected chi connectivity index (χ3v) is 2.34. The highest BCUT2D eigenvalue weighted by Gasteiger charge is 2.10. The first kappa shape index (κ1) is 14.9. The van der Waals surface area contributed by atoms with Gasteiger partial charge in [0.1, 0.15) is 6.04 Å². The van der Waals surface area contributed by atoms with Gasteiger partial charge in [-0.25, -0.2) is 0 Å². The van der Waals surface area contributed by atoms with Crippen LogP contribution in [0.25, 0.3) is 0 Å². The highest BCUT2D eigenvalue weighted by molar-refractivity contribution is 5.75. The highest BCUT2D eigenvalue weighted by Crippen LogP contribution is 1.99. The van der Waals surface area contributed by atoms with Crippen molar-refractivity contribution in [2.24, 2.45) is 5.73 Å². The Morgan fingerprint density at radius 2 is 2.00 bits per heavy atom. The summed E-state index contributed by atoms with van der Waals surface area (Å²) in [5.41, 5.74) is 5.32. The van der Waals surface area contributed by atoms with Crippen molar-refractivity contribution >= 4 is 11.9 Å². The van der Waals surface area contributed by atoms with Crippen molar-refractivity contribution in [2.75, 3.05) is 6.54 Å². The number of hydrogen-bond acceptors (Lipinski definition) is 3. The Morgan fingerprint density at radius 3 is 2.56 bits per heavy atom. The Hall–Kier alpha value is -1.10. The van der Waals surface area contributed by atoms with Gasteiger partial charge in [-0.1, -0.05) is 19.8 Å². The Kier molecular flexibility index (Phi) is 8.52. The van der Waals surface area contributed by atoms with Crippen LogP contribution in [-0.4, -0.2) is 29.6 Å². The molecule has 1 amide bonds. The Morgan fingerprint density at radius 1 is 1.31 bits per heavy atom. The Bertz CT molecular complexity index is 219. The minimum absolute atomic E-state index is 0.0392. The molecule has 16 heavy (non-hydrogen) atoms. The van der Waals surface area contributed by atoms with E-state index in [2.05, 4.69) is 12.2 Å². The lowest BCUT2D eigenvalue weighted by molar-refractivity contribution is -0.138. The monoisotopic (exact) mass is 230 g/mol. The summed E-state index contributed by atoms with van der Waals surface area (Å²) in [6.07, 6.45) is 4.63. The van der Waals surface area contributed by atoms with E-state index in [9.17, 15) is 9.59 Å². The summed E-state index contributed by atoms with van der Waals surface area (Å²) in [5, 5.41) is 11.3. The maximum atomic E-state index is 11.2. The number of carboxylic acids is 1. The van der Waals surface area contributed by atoms with Crippen LogP contribution in [0.3, 0.4) is 0 Å². The molecule has 0 aliphatic heterocycles. The second-order valence-electron chi connectivity index (χ2n) is 3.89. The second kappa shape index (κ2) is 9.15. The van der Waals surface area contributed by atoms with Gasteiger partial charge < -0.3 is 16.2 Å². The molecule has 0 rings (SSSR count). The summed E-state index contributed by atoms with van der Waals surface area (Å²) in [6.45, 7) is 2.59. The van der Waals surface area contributed by atoms with Crippen molar-refractivity contribution in [1.82, 2.24) is 5.32 Å². The van der Waals surface area contributed by atoms with Crippen molar-refractivity contribution in [3.05, 3.63) is 0 Å². The summed E-state index contributed by atoms with van der Waals surface area (Å²) < 4.78 is 0. The standard InChI is InChI=1S/C11H22N2O3/c1-2-3-4-7-10(14)13-8-5-6-9(12)11(15)16/h9H,2-8,12H2,1H3,(H,13,14)(H,15,16)/t9-/m0/s1. The van der Waals surface area contributed by atoms with Gasteiger partial charge in [0.05, 0.1) is 0 Å². The fourth-order valence-corrected chi connectivity index (χ4v) is 1.30. The number of carboxylic acid groups (broad SMARTS) is 1. The van der Waals surface area contributed by atoms with Crippen LogP contribution in [0.4, 0.5) is 0 Å². The van der Waals surface area contributed by atoms with Crippen LogP contribution >= 0.6 is 0 Å². The van der Waals surface area contributed by atoms with Crippen LogP contribution in [0.15, 0.2) is 0 Å². The van der Waals surface area contributed by atoms with Gasteiger partial charge in [0.15, 0.2) is 0 Å². The van der Waals surface area contributed by atoms with Crippen LogP contribution < -0.4 is 11.1 Å². The molecule has 0 spiro atoms. The van der Waals surface area contributed by atoms with Crippen LogP contribution in [0.5, 0.6) is 0 Å². The fourth-order valence-electron chi connectivity index (χ4n) is 1.30. The van der Waals surface area contributed by atoms with Gasteiger partial charge in [-0.3, -0.25) is 9.59 Å². The van der Waals surface area contributed by atoms with E-state index in [1.807, 2.05) is 0 Å². The highest BCUT2D eigenvalue weighted by atomic mass is 16.4. The lowest BCUT2D eigenvalue weighted by Gasteiger charge is -2.07. The van der Waals surface area contributed by atoms with Crippen molar-refractivity contribution in [2.45, 2.75) is 51.5 Å². The number of rotatable bonds is 9. The molecule has 0 aromatic heterocycles. The molecule has 0 saturated carbocycles. The van der Waals surface area contributed by atoms with E-state index in [0.29, 0.717) is 25.8 Å². The first-order chi connectivity index (χ1) is 7.57. The molecule has 0 aromatic carbocycles. The number of hydrogen-bond donors (Lipinski definition) is 3. The third-order valence-electron chi connectivity index (χ3n) is 2.34. The number of carbonyl (C=O) groups excluding carboxylic acids is 1. The zero-order valence-corrected chi connectivity index (χ0v) is 9.87. The number of aliphatic carboxylic acids is 1. The molecule has 0 fully saturated rings. The summed E-state index contributed by atoms with van der Waals surface area (Å²) in [6, 6.07) is -0.822. The smallest absolute Gasteiger partial charge is 0.320 e. The molecule has 94 valence electrons. The Labute approximate surface area is 96.4 Å². The van der Waals surface area contributed by atoms with Crippen molar-refractivity contribution < 1.29 is 14.7 Å². The van der Waals surface area contributed by atoms with Gasteiger partial charge in [-0.15, -0.1) is 0 Å². The molecule has 0 heterocycles. The average molecular weight is 230 g/mol. The molecule has 5 nitrogen and oxygen atoms in total. The van der Waals surface area contributed by atoms with Crippen LogP contribution in [0.2, 0.25) is 0 Å². The predicted molar refractivity (Wildman–Crippen MR) is 62.0 cm³/mol. The van der Waals surface area contributed by atoms with Gasteiger partial charge in [0, 0.05) is 13.0 Å². The quantitative estimate of drug-likeness (QED) is 0.512. The van der Waals surface area contributed by atoms with E-state index in [4.69, 9.17) is 10.8 Å². The molecular weight excluding hydrogens is 208 g/mol. The summed E-state index contributed by atoms with van der Waals surface area (Å²) in [4.78, 5) is 21.6. The van der Waals surface area contributed by atoms with E-state index in [1.165, 1.54) is 0 Å². The largest absolute Gasteiger partial charge is 0.480 e. The second-order valence-corrected chi connectivity index (χ2v) is 3.89. The molecule has 5 heteroatoms. The summed E-state index contributed by atoms with van der Waals surface area (Å²) in [7, 11) is 0. The molecule has 0 aromatic rings. The number of carbonyl (C=O) groups is 2. The zero-order chi connectivity index (χ0) is 12.4. The van der Waals surface area contributed by atoms with Crippen LogP contribution in [0, 0.1) is 0 Å². The van der Waals surface area contributed by atoms with E-state index < -0.39 is 12.0 Å². The average Bonchev–Trinajstić information content (AvgIpc) is 2.24. The third kappa shape index (κ3) is 8.23. The number of amides is 1. The summed E-state index contributed by atoms with van der Waals surface area (Å²) in [5.74, 6) is -0.952. The van der Waals surface area contributed by atoms with E-state index in [-0.39, 0.29) is 5.91 Å². The first-order valence-electron chi connectivity index (χ1n) is 5.83. The minimum atomic E-state index is -0.991. The molecule has 0 aliphatic rings. The topological polar surface area (TPSA) is 92.4 Å². The normalized spacial score (nSPS) is 12.1. The van der Waals surface area contributed by atoms with Gasteiger partial charge in [0.2, 0.25) is 5.91 Å². The molecule has 1 atom stereocenters. The maximum Gasteiger partial charge on any atom is 0.320 e. The molecule has 0 saturated heterocycles. The molecular formula is C11H22N2O3. The molecule has 0 aliphatic carbocycles. The fraction of sp³-hybridized carbons (Fsp3) is 0.818. The maximum absolute atomic E-state index is 11.2. The minimum Gasteiger partial charge on any atom is -0.480 e. The van der Waals surface area contributed by atoms with Gasteiger partial charge in [-0.2, -0.15) is 0 Å². The zero-order valence-electron chi connectivity index (χ0n) is 9.87. The van der Waals surface area contributed by atoms with Gasteiger partial charge in [0.25, 0.3) is 0 Å². The van der Waals surface area contributed by atoms with Crippen molar-refractivity contribution in [1.29, 1.82) is 0 Å². The van der Waals surface area contributed by atoms with Crippen LogP contribution in [0.1, 0.15) is 45.4 Å². The number of nitrogens with one attached hydrogen (secondary N) is 1. The predicted octanol–water partition coefficient (Wildman–Crippen LogP) is 0.875. The number of nitrogens with two attached hydrogens (primary N) is 1. The van der Waals surface area contributed by atoms with E-state index in [1.54, 1.807) is 0 Å². The first-order valence-corrected chi connectivity index (χ1v) is 5.83. The summed E-state index contributed by atoms with van der Waals surface area (Å²) >= 11 is 0. The van der Waals surface area contributed by atoms with Crippen molar-refractivity contribution in [3.8, 4) is 0 Å². The van der Waals surface area contributed by atoms with Crippen LogP contribution in [-0.2, 0) is 9.59 Å². The molecule has 0 bridgehead atoms. The Balaban J connectivity index is 3.37. The molecule has 4 N–H and O–H groups in total. The number of unbranched alkanes of at least 4 members (excludes halogenated alkanes) is 2. The van der Waals surface area contributed by atoms with E-state index in [0.717, 1.165) is 19.3 Å². The lowest BCUT2D eigenvalue weighted by atomic mass is 10.1. The van der Waals surface area contributed by atoms with Gasteiger partial charge in [-0.05, 0) is 19.3 Å². The molecule has 0 radical (unpaired) electrons. The molecule has 0 unspecified atom stereocenters. The van der Waals surface area contributed by atoms with Gasteiger partial charge >= 0.3 is 5.97 Å². The lowest BCUT2D eigenvalue weighted by Crippen LogP contribution is -2.32. The SMILES string of the molecule is CCCCCC(=O)NCCC[C@H](N)C(=O)O. The van der Waals surface area contributed by atoms with Crippen molar-refractivity contribution in [3.63, 3.8) is 0 Å². The van der Waals surface area contributed by atoms with E-state index >= 15 is 0 Å².